The van der Waals surface area contributed by atoms with Gasteiger partial charge in [0, 0.05) is 5.56 Å². The molecule has 0 fully saturated rings. The van der Waals surface area contributed by atoms with Crippen LogP contribution >= 0.6 is 0 Å². The van der Waals surface area contributed by atoms with E-state index in [2.05, 4.69) is 6.07 Å². The van der Waals surface area contributed by atoms with Crippen molar-refractivity contribution in [2.24, 2.45) is 0 Å². The zero-order chi connectivity index (χ0) is 13.3. The molecule has 7 heteroatoms. The summed E-state index contributed by atoms with van der Waals surface area (Å²) in [6, 6.07) is 6.11. The Morgan fingerprint density at radius 3 is 1.82 bits per heavy atom. The van der Waals surface area contributed by atoms with Crippen LogP contribution in [0.3, 0.4) is 0 Å². The first-order valence-electron chi connectivity index (χ1n) is 4.14. The Labute approximate surface area is 91.4 Å². The molecule has 0 bridgehead atoms. The molecular weight excluding hydrogens is 253 g/mol. The van der Waals surface area contributed by atoms with Crippen molar-refractivity contribution in [3.63, 3.8) is 0 Å². The number of hydrogen-bond acceptors (Lipinski definition) is 0. The average Bonchev–Trinajstić information content (AvgIpc) is 2.26. The molecule has 0 atom stereocenters. The van der Waals surface area contributed by atoms with Crippen molar-refractivity contribution in [2.45, 2.75) is 12.1 Å². The first-order valence-corrected chi connectivity index (χ1v) is 4.14. The fraction of sp³-hybridized carbons (Fsp3) is 0.200. The average molecular weight is 257 g/mol. The molecule has 0 unspecified atom stereocenters. The van der Waals surface area contributed by atoms with Gasteiger partial charge < -0.3 is 0 Å². The number of alkyl halides is 5. The molecule has 0 aromatic heterocycles. The SMILES string of the molecule is FC(=C(F)C(F)(F)C(F)(F)F)c1cc[c]cc1. The number of allylic oxidation sites excluding steroid dienone is 1. The number of halogens is 7. The van der Waals surface area contributed by atoms with Crippen molar-refractivity contribution >= 4 is 5.83 Å². The molecule has 0 N–H and O–H groups in total. The molecule has 17 heavy (non-hydrogen) atoms. The third-order valence-corrected chi connectivity index (χ3v) is 1.80. The minimum absolute atomic E-state index is 0.717. The molecule has 0 saturated heterocycles. The molecule has 93 valence electrons. The van der Waals surface area contributed by atoms with Gasteiger partial charge in [-0.05, 0) is 6.07 Å². The molecule has 0 aliphatic rings. The second kappa shape index (κ2) is 4.38. The van der Waals surface area contributed by atoms with Gasteiger partial charge in [0.2, 0.25) is 5.83 Å². The highest BCUT2D eigenvalue weighted by Crippen LogP contribution is 2.44. The van der Waals surface area contributed by atoms with Crippen molar-refractivity contribution in [1.29, 1.82) is 0 Å². The summed E-state index contributed by atoms with van der Waals surface area (Å²) in [7, 11) is 0. The lowest BCUT2D eigenvalue weighted by Gasteiger charge is -2.18. The third kappa shape index (κ3) is 2.59. The predicted octanol–water partition coefficient (Wildman–Crippen LogP) is 4.29. The van der Waals surface area contributed by atoms with Gasteiger partial charge in [-0.1, -0.05) is 24.3 Å². The lowest BCUT2D eigenvalue weighted by Crippen LogP contribution is -2.37. The maximum atomic E-state index is 13.1. The van der Waals surface area contributed by atoms with E-state index < -0.39 is 29.3 Å². The highest BCUT2D eigenvalue weighted by atomic mass is 19.4. The second-order valence-corrected chi connectivity index (χ2v) is 2.99. The predicted molar refractivity (Wildman–Crippen MR) is 45.4 cm³/mol. The summed E-state index contributed by atoms with van der Waals surface area (Å²) < 4.78 is 86.0. The van der Waals surface area contributed by atoms with Crippen molar-refractivity contribution in [2.75, 3.05) is 0 Å². The van der Waals surface area contributed by atoms with Crippen LogP contribution in [0.4, 0.5) is 30.7 Å². The summed E-state index contributed by atoms with van der Waals surface area (Å²) in [5, 5.41) is 0. The van der Waals surface area contributed by atoms with Crippen LogP contribution in [0.25, 0.3) is 5.83 Å². The standard InChI is InChI=1S/C10H4F7/c11-7(6-4-2-1-3-5-6)8(12)9(13,14)10(15,16)17/h2-5H. The van der Waals surface area contributed by atoms with Crippen LogP contribution in [0.2, 0.25) is 0 Å². The molecule has 0 amide bonds. The van der Waals surface area contributed by atoms with Crippen LogP contribution in [0, 0.1) is 6.07 Å². The summed E-state index contributed by atoms with van der Waals surface area (Å²) in [6.45, 7) is 0. The smallest absolute Gasteiger partial charge is 0.203 e. The van der Waals surface area contributed by atoms with Gasteiger partial charge in [-0.2, -0.15) is 22.0 Å². The van der Waals surface area contributed by atoms with Crippen LogP contribution < -0.4 is 0 Å². The van der Waals surface area contributed by atoms with Gasteiger partial charge in [0.25, 0.3) is 0 Å². The van der Waals surface area contributed by atoms with Gasteiger partial charge in [0.05, 0.1) is 0 Å². The number of hydrogen-bond donors (Lipinski definition) is 0. The Morgan fingerprint density at radius 1 is 0.941 bits per heavy atom. The monoisotopic (exact) mass is 257 g/mol. The van der Waals surface area contributed by atoms with Gasteiger partial charge in [-0.25, -0.2) is 8.78 Å². The Hall–Kier alpha value is -1.53. The lowest BCUT2D eigenvalue weighted by atomic mass is 10.1. The Balaban J connectivity index is 3.23. The van der Waals surface area contributed by atoms with E-state index in [1.807, 2.05) is 0 Å². The first-order chi connectivity index (χ1) is 7.68. The van der Waals surface area contributed by atoms with Gasteiger partial charge in [-0.15, -0.1) is 0 Å². The van der Waals surface area contributed by atoms with Gasteiger partial charge in [0.15, 0.2) is 5.83 Å². The van der Waals surface area contributed by atoms with Gasteiger partial charge >= 0.3 is 12.1 Å². The zero-order valence-electron chi connectivity index (χ0n) is 7.96. The molecule has 1 aromatic rings. The van der Waals surface area contributed by atoms with E-state index in [-0.39, 0.29) is 0 Å². The topological polar surface area (TPSA) is 0 Å². The largest absolute Gasteiger partial charge is 0.460 e. The normalized spacial score (nSPS) is 14.5. The fourth-order valence-electron chi connectivity index (χ4n) is 0.922. The Morgan fingerprint density at radius 2 is 1.41 bits per heavy atom. The van der Waals surface area contributed by atoms with Crippen molar-refractivity contribution in [1.82, 2.24) is 0 Å². The van der Waals surface area contributed by atoms with Crippen LogP contribution in [0.1, 0.15) is 5.56 Å². The quantitative estimate of drug-likeness (QED) is 0.693. The molecule has 0 spiro atoms. The highest BCUT2D eigenvalue weighted by molar-refractivity contribution is 5.62. The summed E-state index contributed by atoms with van der Waals surface area (Å²) >= 11 is 0. The molecule has 0 aliphatic carbocycles. The molecular formula is C10H4F7. The second-order valence-electron chi connectivity index (χ2n) is 2.99. The maximum Gasteiger partial charge on any atom is 0.460 e. The summed E-state index contributed by atoms with van der Waals surface area (Å²) in [5.41, 5.74) is -0.717. The van der Waals surface area contributed by atoms with Crippen LogP contribution in [-0.4, -0.2) is 12.1 Å². The third-order valence-electron chi connectivity index (χ3n) is 1.80. The lowest BCUT2D eigenvalue weighted by molar-refractivity contribution is -0.270. The van der Waals surface area contributed by atoms with Crippen molar-refractivity contribution < 1.29 is 30.7 Å². The van der Waals surface area contributed by atoms with Gasteiger partial charge in [0.1, 0.15) is 0 Å². The molecule has 0 nitrogen and oxygen atoms in total. The Bertz CT molecular complexity index is 416. The number of benzene rings is 1. The van der Waals surface area contributed by atoms with E-state index in [1.54, 1.807) is 0 Å². The summed E-state index contributed by atoms with van der Waals surface area (Å²) in [6.07, 6.45) is -6.19. The van der Waals surface area contributed by atoms with Crippen LogP contribution in [0.5, 0.6) is 0 Å². The first kappa shape index (κ1) is 13.5. The van der Waals surface area contributed by atoms with Crippen molar-refractivity contribution in [3.8, 4) is 0 Å². The highest BCUT2D eigenvalue weighted by Gasteiger charge is 2.62. The molecule has 1 radical (unpaired) electrons. The van der Waals surface area contributed by atoms with Crippen molar-refractivity contribution in [3.05, 3.63) is 41.7 Å². The van der Waals surface area contributed by atoms with Crippen LogP contribution in [-0.2, 0) is 0 Å². The van der Waals surface area contributed by atoms with E-state index in [9.17, 15) is 30.7 Å². The Kier molecular flexibility index (Phi) is 3.49. The van der Waals surface area contributed by atoms with E-state index in [0.717, 1.165) is 24.3 Å². The maximum absolute atomic E-state index is 13.1. The fourth-order valence-corrected chi connectivity index (χ4v) is 0.922. The molecule has 1 rings (SSSR count). The van der Waals surface area contributed by atoms with Gasteiger partial charge in [-0.3, -0.25) is 0 Å². The minimum atomic E-state index is -6.19. The van der Waals surface area contributed by atoms with E-state index in [4.69, 9.17) is 0 Å². The zero-order valence-corrected chi connectivity index (χ0v) is 7.96. The number of rotatable bonds is 2. The van der Waals surface area contributed by atoms with Crippen LogP contribution in [0.15, 0.2) is 30.1 Å². The summed E-state index contributed by atoms with van der Waals surface area (Å²) in [5.74, 6) is -11.3. The molecule has 0 aliphatic heterocycles. The summed E-state index contributed by atoms with van der Waals surface area (Å²) in [4.78, 5) is 0. The molecule has 0 saturated carbocycles. The molecule has 1 aromatic carbocycles. The minimum Gasteiger partial charge on any atom is -0.203 e. The molecule has 0 heterocycles. The van der Waals surface area contributed by atoms with E-state index >= 15 is 0 Å². The van der Waals surface area contributed by atoms with E-state index in [0.29, 0.717) is 0 Å². The van der Waals surface area contributed by atoms with E-state index in [1.165, 1.54) is 0 Å².